The number of esters is 1. The van der Waals surface area contributed by atoms with Gasteiger partial charge in [0.2, 0.25) is 0 Å². The summed E-state index contributed by atoms with van der Waals surface area (Å²) in [5.41, 5.74) is 1.47. The summed E-state index contributed by atoms with van der Waals surface area (Å²) >= 11 is 0. The topological polar surface area (TPSA) is 55.3 Å². The van der Waals surface area contributed by atoms with E-state index in [4.69, 9.17) is 0 Å². The Bertz CT molecular complexity index is 609. The molecule has 5 nitrogen and oxygen atoms in total. The Morgan fingerprint density at radius 3 is 2.52 bits per heavy atom. The van der Waals surface area contributed by atoms with Crippen LogP contribution in [0.2, 0.25) is 0 Å². The highest BCUT2D eigenvalue weighted by Crippen LogP contribution is 2.31. The number of methoxy groups -OCH3 is 1. The van der Waals surface area contributed by atoms with Gasteiger partial charge in [-0.2, -0.15) is 0 Å². The van der Waals surface area contributed by atoms with Crippen LogP contribution in [-0.4, -0.2) is 29.3 Å². The van der Waals surface area contributed by atoms with Crippen LogP contribution in [0.5, 0.6) is 0 Å². The molecule has 0 amide bonds. The normalized spacial score (nSPS) is 13.8. The quantitative estimate of drug-likeness (QED) is 0.789. The first-order valence-electron chi connectivity index (χ1n) is 7.00. The van der Waals surface area contributed by atoms with Crippen LogP contribution in [0.25, 0.3) is 0 Å². The van der Waals surface area contributed by atoms with Gasteiger partial charge in [0.25, 0.3) is 0 Å². The fraction of sp³-hybridized carbons (Fsp3) is 0.312. The van der Waals surface area contributed by atoms with Crippen molar-refractivity contribution in [3.8, 4) is 0 Å². The number of hydrogen-bond donors (Lipinski definition) is 0. The Morgan fingerprint density at radius 1 is 1.19 bits per heavy atom. The predicted octanol–water partition coefficient (Wildman–Crippen LogP) is 2.43. The van der Waals surface area contributed by atoms with Crippen molar-refractivity contribution in [1.29, 1.82) is 0 Å². The van der Waals surface area contributed by atoms with Gasteiger partial charge in [0.1, 0.15) is 0 Å². The lowest BCUT2D eigenvalue weighted by Gasteiger charge is -2.23. The van der Waals surface area contributed by atoms with Gasteiger partial charge in [-0.25, -0.2) is 4.79 Å². The lowest BCUT2D eigenvalue weighted by atomic mass is 10.2. The highest BCUT2D eigenvalue weighted by molar-refractivity contribution is 5.87. The molecule has 21 heavy (non-hydrogen) atoms. The van der Waals surface area contributed by atoms with Crippen LogP contribution in [0.3, 0.4) is 0 Å². The molecule has 0 unspecified atom stereocenters. The van der Waals surface area contributed by atoms with Crippen LogP contribution in [0.15, 0.2) is 42.5 Å². The summed E-state index contributed by atoms with van der Waals surface area (Å²) in [6, 6.07) is 14.3. The maximum Gasteiger partial charge on any atom is 0.358 e. The number of carbonyl (C=O) groups excluding carboxylic acids is 1. The molecule has 108 valence electrons. The Morgan fingerprint density at radius 2 is 1.95 bits per heavy atom. The van der Waals surface area contributed by atoms with Gasteiger partial charge >= 0.3 is 5.97 Å². The van der Waals surface area contributed by atoms with Crippen molar-refractivity contribution in [3.63, 3.8) is 0 Å². The smallest absolute Gasteiger partial charge is 0.358 e. The van der Waals surface area contributed by atoms with Gasteiger partial charge < -0.3 is 9.64 Å². The van der Waals surface area contributed by atoms with E-state index in [-0.39, 0.29) is 5.69 Å². The summed E-state index contributed by atoms with van der Waals surface area (Å²) in [6.07, 6.45) is 2.35. The third-order valence-electron chi connectivity index (χ3n) is 3.52. The van der Waals surface area contributed by atoms with Gasteiger partial charge in [0, 0.05) is 12.6 Å². The Balaban J connectivity index is 1.79. The maximum absolute atomic E-state index is 11.4. The van der Waals surface area contributed by atoms with Gasteiger partial charge in [-0.05, 0) is 30.5 Å². The van der Waals surface area contributed by atoms with E-state index in [0.29, 0.717) is 6.04 Å². The molecule has 0 saturated heterocycles. The van der Waals surface area contributed by atoms with Crippen LogP contribution in [0.4, 0.5) is 5.82 Å². The summed E-state index contributed by atoms with van der Waals surface area (Å²) in [6.45, 7) is 0.803. The third-order valence-corrected chi connectivity index (χ3v) is 3.52. The van der Waals surface area contributed by atoms with Crippen molar-refractivity contribution < 1.29 is 9.53 Å². The van der Waals surface area contributed by atoms with Crippen LogP contribution in [0.1, 0.15) is 28.9 Å². The summed E-state index contributed by atoms with van der Waals surface area (Å²) in [4.78, 5) is 13.6. The minimum absolute atomic E-state index is 0.233. The molecule has 1 fully saturated rings. The second kappa shape index (κ2) is 5.91. The van der Waals surface area contributed by atoms with Gasteiger partial charge in [0.15, 0.2) is 11.5 Å². The van der Waals surface area contributed by atoms with E-state index in [1.165, 1.54) is 25.5 Å². The molecule has 0 spiro atoms. The average molecular weight is 283 g/mol. The van der Waals surface area contributed by atoms with Gasteiger partial charge in [-0.3, -0.25) is 0 Å². The summed E-state index contributed by atoms with van der Waals surface area (Å²) in [7, 11) is 1.34. The molecule has 5 heteroatoms. The number of carbonyl (C=O) groups is 1. The van der Waals surface area contributed by atoms with E-state index >= 15 is 0 Å². The number of hydrogen-bond acceptors (Lipinski definition) is 5. The van der Waals surface area contributed by atoms with Crippen molar-refractivity contribution >= 4 is 11.8 Å². The minimum atomic E-state index is -0.463. The van der Waals surface area contributed by atoms with E-state index in [1.54, 1.807) is 6.07 Å². The molecule has 1 aliphatic carbocycles. The molecule has 1 aromatic carbocycles. The minimum Gasteiger partial charge on any atom is -0.464 e. The van der Waals surface area contributed by atoms with Crippen molar-refractivity contribution in [1.82, 2.24) is 10.2 Å². The van der Waals surface area contributed by atoms with Gasteiger partial charge in [0.05, 0.1) is 7.11 Å². The highest BCUT2D eigenvalue weighted by atomic mass is 16.5. The van der Waals surface area contributed by atoms with E-state index < -0.39 is 5.97 Å². The SMILES string of the molecule is COC(=O)c1ccc(N(Cc2ccccc2)C2CC2)nn1. The number of nitrogens with zero attached hydrogens (tertiary/aromatic N) is 3. The number of rotatable bonds is 5. The van der Waals surface area contributed by atoms with Crippen LogP contribution < -0.4 is 4.90 Å². The van der Waals surface area contributed by atoms with Crippen molar-refractivity contribution in [2.45, 2.75) is 25.4 Å². The number of anilines is 1. The monoisotopic (exact) mass is 283 g/mol. The lowest BCUT2D eigenvalue weighted by molar-refractivity contribution is 0.0592. The van der Waals surface area contributed by atoms with Crippen LogP contribution in [0, 0.1) is 0 Å². The molecule has 0 aliphatic heterocycles. The molecule has 1 saturated carbocycles. The van der Waals surface area contributed by atoms with E-state index in [0.717, 1.165) is 12.4 Å². The average Bonchev–Trinajstić information content (AvgIpc) is 3.38. The van der Waals surface area contributed by atoms with Crippen LogP contribution >= 0.6 is 0 Å². The fourth-order valence-corrected chi connectivity index (χ4v) is 2.26. The largest absolute Gasteiger partial charge is 0.464 e. The molecule has 0 atom stereocenters. The van der Waals surface area contributed by atoms with Gasteiger partial charge in [-0.1, -0.05) is 30.3 Å². The first-order chi connectivity index (χ1) is 10.3. The fourth-order valence-electron chi connectivity index (χ4n) is 2.26. The zero-order valence-corrected chi connectivity index (χ0v) is 11.9. The molecule has 0 radical (unpaired) electrons. The van der Waals surface area contributed by atoms with Crippen molar-refractivity contribution in [3.05, 3.63) is 53.7 Å². The third kappa shape index (κ3) is 3.18. The molecular formula is C16H17N3O2. The van der Waals surface area contributed by atoms with Crippen molar-refractivity contribution in [2.24, 2.45) is 0 Å². The molecule has 2 aromatic rings. The van der Waals surface area contributed by atoms with Gasteiger partial charge in [-0.15, -0.1) is 10.2 Å². The summed E-state index contributed by atoms with van der Waals surface area (Å²) in [5.74, 6) is 0.337. The Hall–Kier alpha value is -2.43. The van der Waals surface area contributed by atoms with Crippen molar-refractivity contribution in [2.75, 3.05) is 12.0 Å². The zero-order valence-electron chi connectivity index (χ0n) is 11.9. The zero-order chi connectivity index (χ0) is 14.7. The number of aromatic nitrogens is 2. The standard InChI is InChI=1S/C16H17N3O2/c1-21-16(20)14-9-10-15(18-17-14)19(13-7-8-13)11-12-5-3-2-4-6-12/h2-6,9-10,13H,7-8,11H2,1H3. The highest BCUT2D eigenvalue weighted by Gasteiger charge is 2.30. The molecule has 1 aromatic heterocycles. The second-order valence-corrected chi connectivity index (χ2v) is 5.11. The molecule has 0 bridgehead atoms. The summed E-state index contributed by atoms with van der Waals surface area (Å²) < 4.78 is 4.64. The Kier molecular flexibility index (Phi) is 3.81. The summed E-state index contributed by atoms with van der Waals surface area (Å²) in [5, 5.41) is 8.14. The van der Waals surface area contributed by atoms with E-state index in [1.807, 2.05) is 24.3 Å². The number of ether oxygens (including phenoxy) is 1. The van der Waals surface area contributed by atoms with Crippen LogP contribution in [-0.2, 0) is 11.3 Å². The van der Waals surface area contributed by atoms with E-state index in [2.05, 4.69) is 32.0 Å². The molecule has 1 aliphatic rings. The number of benzene rings is 1. The molecule has 0 N–H and O–H groups in total. The molecule has 1 heterocycles. The predicted molar refractivity (Wildman–Crippen MR) is 79.0 cm³/mol. The molecular weight excluding hydrogens is 266 g/mol. The Labute approximate surface area is 123 Å². The maximum atomic E-state index is 11.4. The lowest BCUT2D eigenvalue weighted by Crippen LogP contribution is -2.26. The first kappa shape index (κ1) is 13.5. The molecule has 3 rings (SSSR count). The van der Waals surface area contributed by atoms with E-state index in [9.17, 15) is 4.79 Å². The second-order valence-electron chi connectivity index (χ2n) is 5.11. The first-order valence-corrected chi connectivity index (χ1v) is 7.00.